The summed E-state index contributed by atoms with van der Waals surface area (Å²) in [4.78, 5) is 25.7. The second-order valence-corrected chi connectivity index (χ2v) is 5.13. The van der Waals surface area contributed by atoms with Crippen molar-refractivity contribution >= 4 is 11.8 Å². The van der Waals surface area contributed by atoms with Crippen molar-refractivity contribution in [1.82, 2.24) is 4.90 Å². The van der Waals surface area contributed by atoms with Gasteiger partial charge in [-0.3, -0.25) is 14.5 Å². The number of aliphatic hydroxyl groups excluding tert-OH is 1. The molecule has 1 aliphatic rings. The molecule has 2 amide bonds. The summed E-state index contributed by atoms with van der Waals surface area (Å²) < 4.78 is 0. The Kier molecular flexibility index (Phi) is 5.13. The fourth-order valence-electron chi connectivity index (χ4n) is 2.53. The number of hydrogen-bond acceptors (Lipinski definition) is 3. The van der Waals surface area contributed by atoms with Crippen molar-refractivity contribution in [3.63, 3.8) is 0 Å². The largest absolute Gasteiger partial charge is 0.384 e. The molecular weight excluding hydrogens is 266 g/mol. The molecule has 110 valence electrons. The number of nitrogens with zero attached hydrogens (tertiary/aromatic N) is 1. The first kappa shape index (κ1) is 15.3. The molecule has 0 radical (unpaired) electrons. The maximum absolute atomic E-state index is 12.1. The van der Waals surface area contributed by atoms with Gasteiger partial charge in [0, 0.05) is 18.4 Å². The number of hydrogen-bond donors (Lipinski definition) is 1. The molecule has 0 aliphatic carbocycles. The van der Waals surface area contributed by atoms with Crippen LogP contribution >= 0.6 is 0 Å². The first-order valence-corrected chi connectivity index (χ1v) is 7.18. The molecular formula is C17H19NO3. The van der Waals surface area contributed by atoms with Crippen molar-refractivity contribution in [3.8, 4) is 11.8 Å². The average Bonchev–Trinajstić information content (AvgIpc) is 2.65. The van der Waals surface area contributed by atoms with E-state index in [-0.39, 0.29) is 24.5 Å². The van der Waals surface area contributed by atoms with Crippen molar-refractivity contribution in [3.05, 3.63) is 35.4 Å². The fraction of sp³-hybridized carbons (Fsp3) is 0.412. The van der Waals surface area contributed by atoms with Crippen LogP contribution in [-0.4, -0.2) is 28.4 Å². The van der Waals surface area contributed by atoms with Gasteiger partial charge in [-0.2, -0.15) is 0 Å². The van der Waals surface area contributed by atoms with E-state index in [1.807, 2.05) is 31.2 Å². The lowest BCUT2D eigenvalue weighted by molar-refractivity contribution is -0.146. The van der Waals surface area contributed by atoms with Crippen molar-refractivity contribution < 1.29 is 14.7 Å². The molecule has 0 bridgehead atoms. The molecule has 1 N–H and O–H groups in total. The van der Waals surface area contributed by atoms with Gasteiger partial charge in [-0.1, -0.05) is 24.0 Å². The molecule has 1 fully saturated rings. The van der Waals surface area contributed by atoms with Crippen LogP contribution in [0.15, 0.2) is 24.3 Å². The normalized spacial score (nSPS) is 17.0. The molecule has 1 atom stereocenters. The second kappa shape index (κ2) is 7.05. The molecule has 1 aromatic rings. The highest BCUT2D eigenvalue weighted by Crippen LogP contribution is 2.25. The van der Waals surface area contributed by atoms with E-state index in [2.05, 4.69) is 11.8 Å². The lowest BCUT2D eigenvalue weighted by Gasteiger charge is -2.26. The molecule has 1 saturated heterocycles. The standard InChI is InChI=1S/C17H19NO3/c1-13(18-16(20)9-2-3-10-17(18)21)15-8-4-6-14(12-15)7-5-11-19/h4,6,8,12-13,19H,2-3,9-11H2,1H3. The Bertz CT molecular complexity index is 580. The SMILES string of the molecule is CC(c1cccc(C#CCO)c1)N1C(=O)CCCCC1=O. The minimum atomic E-state index is -0.293. The lowest BCUT2D eigenvalue weighted by atomic mass is 10.0. The Morgan fingerprint density at radius 3 is 2.52 bits per heavy atom. The second-order valence-electron chi connectivity index (χ2n) is 5.13. The van der Waals surface area contributed by atoms with Crippen LogP contribution in [0.4, 0.5) is 0 Å². The number of likely N-dealkylation sites (tertiary alicyclic amines) is 1. The molecule has 4 heteroatoms. The summed E-state index contributed by atoms with van der Waals surface area (Å²) >= 11 is 0. The molecule has 4 nitrogen and oxygen atoms in total. The van der Waals surface area contributed by atoms with E-state index in [0.717, 1.165) is 24.0 Å². The van der Waals surface area contributed by atoms with Crippen molar-refractivity contribution in [1.29, 1.82) is 0 Å². The van der Waals surface area contributed by atoms with E-state index in [4.69, 9.17) is 5.11 Å². The summed E-state index contributed by atoms with van der Waals surface area (Å²) in [6.45, 7) is 1.67. The van der Waals surface area contributed by atoms with Crippen LogP contribution in [0.1, 0.15) is 49.8 Å². The number of aliphatic hydroxyl groups is 1. The van der Waals surface area contributed by atoms with Gasteiger partial charge in [0.1, 0.15) is 6.61 Å². The summed E-state index contributed by atoms with van der Waals surface area (Å²) in [6.07, 6.45) is 2.41. The average molecular weight is 285 g/mol. The van der Waals surface area contributed by atoms with E-state index in [0.29, 0.717) is 12.8 Å². The third kappa shape index (κ3) is 3.71. The highest BCUT2D eigenvalue weighted by Gasteiger charge is 2.29. The van der Waals surface area contributed by atoms with Crippen LogP contribution in [0.2, 0.25) is 0 Å². The van der Waals surface area contributed by atoms with Crippen molar-refractivity contribution in [2.75, 3.05) is 6.61 Å². The summed E-state index contributed by atoms with van der Waals surface area (Å²) in [7, 11) is 0. The molecule has 1 heterocycles. The Morgan fingerprint density at radius 1 is 1.24 bits per heavy atom. The summed E-state index contributed by atoms with van der Waals surface area (Å²) in [5.74, 6) is 5.23. The zero-order valence-electron chi connectivity index (χ0n) is 12.1. The zero-order chi connectivity index (χ0) is 15.2. The Balaban J connectivity index is 2.27. The van der Waals surface area contributed by atoms with E-state index < -0.39 is 0 Å². The third-order valence-electron chi connectivity index (χ3n) is 3.64. The molecule has 0 aromatic heterocycles. The van der Waals surface area contributed by atoms with Crippen LogP contribution in [0.25, 0.3) is 0 Å². The van der Waals surface area contributed by atoms with Crippen molar-refractivity contribution in [2.45, 2.75) is 38.6 Å². The first-order valence-electron chi connectivity index (χ1n) is 7.18. The number of amides is 2. The van der Waals surface area contributed by atoms with Crippen LogP contribution in [0, 0.1) is 11.8 Å². The highest BCUT2D eigenvalue weighted by molar-refractivity contribution is 5.96. The van der Waals surface area contributed by atoms with E-state index in [9.17, 15) is 9.59 Å². The van der Waals surface area contributed by atoms with Gasteiger partial charge in [0.25, 0.3) is 0 Å². The molecule has 21 heavy (non-hydrogen) atoms. The third-order valence-corrected chi connectivity index (χ3v) is 3.64. The predicted octanol–water partition coefficient (Wildman–Crippen LogP) is 2.02. The van der Waals surface area contributed by atoms with Gasteiger partial charge in [0.2, 0.25) is 11.8 Å². The molecule has 0 saturated carbocycles. The Labute approximate surface area is 124 Å². The van der Waals surface area contributed by atoms with Gasteiger partial charge in [-0.15, -0.1) is 0 Å². The van der Waals surface area contributed by atoms with Gasteiger partial charge in [0.05, 0.1) is 6.04 Å². The first-order chi connectivity index (χ1) is 10.1. The van der Waals surface area contributed by atoms with Gasteiger partial charge in [-0.25, -0.2) is 0 Å². The summed E-state index contributed by atoms with van der Waals surface area (Å²) in [5, 5.41) is 8.74. The minimum absolute atomic E-state index is 0.100. The number of carbonyl (C=O) groups is 2. The van der Waals surface area contributed by atoms with Crippen molar-refractivity contribution in [2.24, 2.45) is 0 Å². The van der Waals surface area contributed by atoms with Crippen LogP contribution in [-0.2, 0) is 9.59 Å². The van der Waals surface area contributed by atoms with Crippen LogP contribution in [0.3, 0.4) is 0 Å². The minimum Gasteiger partial charge on any atom is -0.384 e. The maximum atomic E-state index is 12.1. The molecule has 1 aliphatic heterocycles. The predicted molar refractivity (Wildman–Crippen MR) is 79.1 cm³/mol. The monoisotopic (exact) mass is 285 g/mol. The number of benzene rings is 1. The topological polar surface area (TPSA) is 57.6 Å². The Hall–Kier alpha value is -2.12. The molecule has 2 rings (SSSR count). The number of carbonyl (C=O) groups excluding carboxylic acids is 2. The smallest absolute Gasteiger partial charge is 0.229 e. The number of imide groups is 1. The molecule has 0 spiro atoms. The van der Waals surface area contributed by atoms with Crippen LogP contribution < -0.4 is 0 Å². The lowest BCUT2D eigenvalue weighted by Crippen LogP contribution is -2.37. The Morgan fingerprint density at radius 2 is 1.90 bits per heavy atom. The van der Waals surface area contributed by atoms with Crippen LogP contribution in [0.5, 0.6) is 0 Å². The molecule has 1 unspecified atom stereocenters. The van der Waals surface area contributed by atoms with E-state index in [1.54, 1.807) is 0 Å². The quantitative estimate of drug-likeness (QED) is 0.668. The van der Waals surface area contributed by atoms with Gasteiger partial charge < -0.3 is 5.11 Å². The summed E-state index contributed by atoms with van der Waals surface area (Å²) in [5.41, 5.74) is 1.64. The van der Waals surface area contributed by atoms with E-state index >= 15 is 0 Å². The van der Waals surface area contributed by atoms with E-state index in [1.165, 1.54) is 4.90 Å². The highest BCUT2D eigenvalue weighted by atomic mass is 16.2. The van der Waals surface area contributed by atoms with Gasteiger partial charge in [-0.05, 0) is 37.5 Å². The number of rotatable bonds is 2. The van der Waals surface area contributed by atoms with Gasteiger partial charge in [0.15, 0.2) is 0 Å². The zero-order valence-corrected chi connectivity index (χ0v) is 12.1. The fourth-order valence-corrected chi connectivity index (χ4v) is 2.53. The molecule has 1 aromatic carbocycles. The van der Waals surface area contributed by atoms with Gasteiger partial charge >= 0.3 is 0 Å². The maximum Gasteiger partial charge on any atom is 0.229 e. The summed E-state index contributed by atoms with van der Waals surface area (Å²) in [6, 6.07) is 7.14.